The summed E-state index contributed by atoms with van der Waals surface area (Å²) in [7, 11) is 0. The van der Waals surface area contributed by atoms with Crippen molar-refractivity contribution in [2.24, 2.45) is 5.73 Å². The molecule has 0 amide bonds. The number of aliphatic carboxylic acids is 1. The van der Waals surface area contributed by atoms with Crippen molar-refractivity contribution in [3.05, 3.63) is 35.1 Å². The van der Waals surface area contributed by atoms with Gasteiger partial charge in [-0.15, -0.1) is 0 Å². The number of carboxylic acids is 1. The molecule has 1 atom stereocenters. The van der Waals surface area contributed by atoms with Gasteiger partial charge in [-0.25, -0.2) is 4.39 Å². The number of carbonyl (C=O) groups is 1. The zero-order valence-electron chi connectivity index (χ0n) is 10.9. The fourth-order valence-electron chi connectivity index (χ4n) is 2.88. The Bertz CT molecular complexity index is 455. The molecule has 3 nitrogen and oxygen atoms in total. The Morgan fingerprint density at radius 2 is 2.05 bits per heavy atom. The molecule has 1 aliphatic rings. The van der Waals surface area contributed by atoms with Gasteiger partial charge in [0.1, 0.15) is 5.82 Å². The van der Waals surface area contributed by atoms with Crippen LogP contribution in [-0.2, 0) is 4.79 Å². The van der Waals surface area contributed by atoms with E-state index in [1.165, 1.54) is 12.5 Å². The molecule has 4 heteroatoms. The first-order valence-corrected chi connectivity index (χ1v) is 6.85. The van der Waals surface area contributed by atoms with E-state index in [2.05, 4.69) is 0 Å². The molecule has 2 rings (SSSR count). The SMILES string of the molecule is NCC(C(=O)O)c1ccc(C2CCCCC2)c(F)c1. The van der Waals surface area contributed by atoms with Crippen LogP contribution in [0.2, 0.25) is 0 Å². The molecule has 0 spiro atoms. The Morgan fingerprint density at radius 1 is 1.37 bits per heavy atom. The molecule has 1 aromatic carbocycles. The zero-order chi connectivity index (χ0) is 13.8. The second kappa shape index (κ2) is 6.15. The van der Waals surface area contributed by atoms with Crippen LogP contribution in [0, 0.1) is 5.82 Å². The van der Waals surface area contributed by atoms with E-state index in [1.807, 2.05) is 0 Å². The van der Waals surface area contributed by atoms with E-state index in [1.54, 1.807) is 12.1 Å². The van der Waals surface area contributed by atoms with Gasteiger partial charge in [-0.3, -0.25) is 4.79 Å². The van der Waals surface area contributed by atoms with E-state index in [9.17, 15) is 9.18 Å². The van der Waals surface area contributed by atoms with Crippen molar-refractivity contribution in [2.45, 2.75) is 43.9 Å². The summed E-state index contributed by atoms with van der Waals surface area (Å²) < 4.78 is 14.2. The van der Waals surface area contributed by atoms with Crippen LogP contribution in [0.25, 0.3) is 0 Å². The van der Waals surface area contributed by atoms with Crippen molar-refractivity contribution >= 4 is 5.97 Å². The van der Waals surface area contributed by atoms with Crippen LogP contribution in [0.1, 0.15) is 55.1 Å². The fraction of sp³-hybridized carbons (Fsp3) is 0.533. The van der Waals surface area contributed by atoms with Crippen LogP contribution in [0.4, 0.5) is 4.39 Å². The minimum atomic E-state index is -1.01. The van der Waals surface area contributed by atoms with Gasteiger partial charge in [-0.1, -0.05) is 31.4 Å². The highest BCUT2D eigenvalue weighted by Gasteiger charge is 2.22. The van der Waals surface area contributed by atoms with E-state index in [0.717, 1.165) is 31.2 Å². The van der Waals surface area contributed by atoms with Gasteiger partial charge < -0.3 is 10.8 Å². The molecule has 0 bridgehead atoms. The molecule has 19 heavy (non-hydrogen) atoms. The lowest BCUT2D eigenvalue weighted by atomic mass is 9.83. The fourth-order valence-corrected chi connectivity index (χ4v) is 2.88. The molecule has 0 radical (unpaired) electrons. The molecule has 1 aliphatic carbocycles. The predicted molar refractivity (Wildman–Crippen MR) is 71.7 cm³/mol. The molecule has 0 aromatic heterocycles. The van der Waals surface area contributed by atoms with Gasteiger partial charge in [0.15, 0.2) is 0 Å². The van der Waals surface area contributed by atoms with Crippen LogP contribution >= 0.6 is 0 Å². The normalized spacial score (nSPS) is 18.2. The maximum absolute atomic E-state index is 14.2. The Morgan fingerprint density at radius 3 is 2.58 bits per heavy atom. The molecule has 1 aromatic rings. The third kappa shape index (κ3) is 3.13. The summed E-state index contributed by atoms with van der Waals surface area (Å²) in [6.45, 7) is -0.0163. The number of rotatable bonds is 4. The lowest BCUT2D eigenvalue weighted by molar-refractivity contribution is -0.138. The highest BCUT2D eigenvalue weighted by Crippen LogP contribution is 2.34. The summed E-state index contributed by atoms with van der Waals surface area (Å²) in [6.07, 6.45) is 5.56. The summed E-state index contributed by atoms with van der Waals surface area (Å²) >= 11 is 0. The van der Waals surface area contributed by atoms with Crippen LogP contribution < -0.4 is 5.73 Å². The van der Waals surface area contributed by atoms with Gasteiger partial charge in [-0.05, 0) is 36.0 Å². The smallest absolute Gasteiger partial charge is 0.312 e. The average Bonchev–Trinajstić information content (AvgIpc) is 2.40. The largest absolute Gasteiger partial charge is 0.481 e. The second-order valence-electron chi connectivity index (χ2n) is 5.24. The van der Waals surface area contributed by atoms with E-state index in [4.69, 9.17) is 10.8 Å². The van der Waals surface area contributed by atoms with Crippen molar-refractivity contribution < 1.29 is 14.3 Å². The van der Waals surface area contributed by atoms with Crippen LogP contribution in [0.3, 0.4) is 0 Å². The molecular formula is C15H20FNO2. The molecule has 0 saturated heterocycles. The molecule has 1 unspecified atom stereocenters. The third-order valence-corrected chi connectivity index (χ3v) is 4.01. The number of benzene rings is 1. The molecule has 0 heterocycles. The Kier molecular flexibility index (Phi) is 4.53. The van der Waals surface area contributed by atoms with Gasteiger partial charge in [0.2, 0.25) is 0 Å². The summed E-state index contributed by atoms with van der Waals surface area (Å²) in [4.78, 5) is 11.0. The van der Waals surface area contributed by atoms with E-state index >= 15 is 0 Å². The number of nitrogens with two attached hydrogens (primary N) is 1. The highest BCUT2D eigenvalue weighted by atomic mass is 19.1. The molecular weight excluding hydrogens is 245 g/mol. The predicted octanol–water partition coefficient (Wildman–Crippen LogP) is 3.00. The molecule has 0 aliphatic heterocycles. The van der Waals surface area contributed by atoms with Crippen LogP contribution in [-0.4, -0.2) is 17.6 Å². The van der Waals surface area contributed by atoms with Gasteiger partial charge in [0.25, 0.3) is 0 Å². The number of hydrogen-bond donors (Lipinski definition) is 2. The number of hydrogen-bond acceptors (Lipinski definition) is 2. The number of carboxylic acid groups (broad SMARTS) is 1. The van der Waals surface area contributed by atoms with Gasteiger partial charge >= 0.3 is 5.97 Å². The maximum atomic E-state index is 14.2. The Labute approximate surface area is 112 Å². The Hall–Kier alpha value is -1.42. The number of halogens is 1. The lowest BCUT2D eigenvalue weighted by Crippen LogP contribution is -2.21. The monoisotopic (exact) mass is 265 g/mol. The van der Waals surface area contributed by atoms with Crippen molar-refractivity contribution in [3.63, 3.8) is 0 Å². The second-order valence-corrected chi connectivity index (χ2v) is 5.24. The van der Waals surface area contributed by atoms with Crippen LogP contribution in [0.5, 0.6) is 0 Å². The minimum Gasteiger partial charge on any atom is -0.481 e. The molecule has 3 N–H and O–H groups in total. The van der Waals surface area contributed by atoms with E-state index in [0.29, 0.717) is 5.56 Å². The Balaban J connectivity index is 2.23. The van der Waals surface area contributed by atoms with Gasteiger partial charge in [0, 0.05) is 6.54 Å². The minimum absolute atomic E-state index is 0.0163. The van der Waals surface area contributed by atoms with E-state index < -0.39 is 11.9 Å². The van der Waals surface area contributed by atoms with Crippen LogP contribution in [0.15, 0.2) is 18.2 Å². The highest BCUT2D eigenvalue weighted by molar-refractivity contribution is 5.76. The van der Waals surface area contributed by atoms with Gasteiger partial charge in [-0.2, -0.15) is 0 Å². The summed E-state index contributed by atoms with van der Waals surface area (Å²) in [6, 6.07) is 4.79. The van der Waals surface area contributed by atoms with Gasteiger partial charge in [0.05, 0.1) is 5.92 Å². The van der Waals surface area contributed by atoms with E-state index in [-0.39, 0.29) is 18.3 Å². The first-order valence-electron chi connectivity index (χ1n) is 6.85. The van der Waals surface area contributed by atoms with Crippen molar-refractivity contribution in [3.8, 4) is 0 Å². The topological polar surface area (TPSA) is 63.3 Å². The summed E-state index contributed by atoms with van der Waals surface area (Å²) in [5, 5.41) is 9.03. The maximum Gasteiger partial charge on any atom is 0.312 e. The zero-order valence-corrected chi connectivity index (χ0v) is 10.9. The first-order chi connectivity index (χ1) is 9.13. The average molecular weight is 265 g/mol. The third-order valence-electron chi connectivity index (χ3n) is 4.01. The van der Waals surface area contributed by atoms with Crippen molar-refractivity contribution in [1.82, 2.24) is 0 Å². The molecule has 104 valence electrons. The summed E-state index contributed by atoms with van der Waals surface area (Å²) in [5.41, 5.74) is 6.61. The molecule has 1 saturated carbocycles. The quantitative estimate of drug-likeness (QED) is 0.879. The summed E-state index contributed by atoms with van der Waals surface area (Å²) in [5.74, 6) is -1.84. The lowest BCUT2D eigenvalue weighted by Gasteiger charge is -2.23. The first kappa shape index (κ1) is 14.0. The van der Waals surface area contributed by atoms with Crippen molar-refractivity contribution in [2.75, 3.05) is 6.54 Å². The van der Waals surface area contributed by atoms with Crippen molar-refractivity contribution in [1.29, 1.82) is 0 Å². The molecule has 1 fully saturated rings. The standard InChI is InChI=1S/C15H20FNO2/c16-14-8-11(13(9-17)15(18)19)6-7-12(14)10-4-2-1-3-5-10/h6-8,10,13H,1-5,9,17H2,(H,18,19).